The second-order valence-electron chi connectivity index (χ2n) is 5.06. The molecule has 1 N–H and O–H groups in total. The van der Waals surface area contributed by atoms with Crippen LogP contribution in [0.2, 0.25) is 0 Å². The quantitative estimate of drug-likeness (QED) is 0.849. The van der Waals surface area contributed by atoms with Crippen molar-refractivity contribution in [2.24, 2.45) is 0 Å². The van der Waals surface area contributed by atoms with Gasteiger partial charge in [0.15, 0.2) is 5.13 Å². The number of aromatic nitrogens is 2. The van der Waals surface area contributed by atoms with Crippen molar-refractivity contribution < 1.29 is 0 Å². The summed E-state index contributed by atoms with van der Waals surface area (Å²) in [5.74, 6) is 0. The van der Waals surface area contributed by atoms with Gasteiger partial charge in [0.25, 0.3) is 0 Å². The van der Waals surface area contributed by atoms with Crippen LogP contribution in [0.1, 0.15) is 43.1 Å². The summed E-state index contributed by atoms with van der Waals surface area (Å²) in [4.78, 5) is 12.8. The number of nitrogens with one attached hydrogen (secondary N) is 1. The molecule has 0 aliphatic heterocycles. The number of anilines is 1. The zero-order valence-corrected chi connectivity index (χ0v) is 14.1. The molecule has 2 heterocycles. The fourth-order valence-electron chi connectivity index (χ4n) is 2.33. The highest BCUT2D eigenvalue weighted by Gasteiger charge is 2.17. The summed E-state index contributed by atoms with van der Waals surface area (Å²) in [5, 5.41) is 4.55. The van der Waals surface area contributed by atoms with Crippen LogP contribution < -0.4 is 10.2 Å². The number of thiazole rings is 1. The van der Waals surface area contributed by atoms with Crippen molar-refractivity contribution in [3.8, 4) is 0 Å². The first-order valence-corrected chi connectivity index (χ1v) is 8.32. The van der Waals surface area contributed by atoms with E-state index in [1.165, 1.54) is 4.88 Å². The zero-order valence-electron chi connectivity index (χ0n) is 13.3. The fourth-order valence-corrected chi connectivity index (χ4v) is 3.49. The van der Waals surface area contributed by atoms with E-state index in [-0.39, 0.29) is 0 Å². The summed E-state index contributed by atoms with van der Waals surface area (Å²) in [6.45, 7) is 11.3. The molecule has 2 rings (SSSR count). The normalized spacial score (nSPS) is 12.4. The number of hydrogen-bond acceptors (Lipinski definition) is 5. The Morgan fingerprint density at radius 1 is 1.33 bits per heavy atom. The maximum absolute atomic E-state index is 4.76. The second-order valence-corrected chi connectivity index (χ2v) is 6.07. The van der Waals surface area contributed by atoms with E-state index < -0.39 is 0 Å². The molecule has 1 atom stereocenters. The van der Waals surface area contributed by atoms with Crippen molar-refractivity contribution >= 4 is 16.5 Å². The van der Waals surface area contributed by atoms with Gasteiger partial charge in [-0.2, -0.15) is 0 Å². The highest BCUT2D eigenvalue weighted by molar-refractivity contribution is 7.15. The molecule has 2 aromatic heterocycles. The van der Waals surface area contributed by atoms with Crippen molar-refractivity contribution in [3.63, 3.8) is 0 Å². The number of aryl methyl sites for hydroxylation is 1. The molecule has 114 valence electrons. The van der Waals surface area contributed by atoms with Crippen LogP contribution in [0.25, 0.3) is 0 Å². The van der Waals surface area contributed by atoms with Crippen molar-refractivity contribution in [1.29, 1.82) is 0 Å². The van der Waals surface area contributed by atoms with Gasteiger partial charge in [-0.1, -0.05) is 13.0 Å². The van der Waals surface area contributed by atoms with Crippen molar-refractivity contribution in [1.82, 2.24) is 15.3 Å². The van der Waals surface area contributed by atoms with E-state index >= 15 is 0 Å². The molecule has 4 nitrogen and oxygen atoms in total. The van der Waals surface area contributed by atoms with Gasteiger partial charge < -0.3 is 10.2 Å². The van der Waals surface area contributed by atoms with Crippen molar-refractivity contribution in [2.45, 2.75) is 40.3 Å². The lowest BCUT2D eigenvalue weighted by Gasteiger charge is -2.19. The minimum Gasteiger partial charge on any atom is -0.342 e. The van der Waals surface area contributed by atoms with Gasteiger partial charge in [0, 0.05) is 23.7 Å². The van der Waals surface area contributed by atoms with E-state index in [2.05, 4.69) is 49.0 Å². The first-order valence-electron chi connectivity index (χ1n) is 7.51. The molecule has 0 spiro atoms. The minimum atomic E-state index is 0.356. The predicted molar refractivity (Wildman–Crippen MR) is 89.9 cm³/mol. The Hall–Kier alpha value is -1.46. The Labute approximate surface area is 131 Å². The Morgan fingerprint density at radius 3 is 2.76 bits per heavy atom. The summed E-state index contributed by atoms with van der Waals surface area (Å²) >= 11 is 1.78. The molecular weight excluding hydrogens is 280 g/mol. The van der Waals surface area contributed by atoms with E-state index in [0.29, 0.717) is 6.04 Å². The molecule has 1 unspecified atom stereocenters. The van der Waals surface area contributed by atoms with Crippen molar-refractivity contribution in [3.05, 3.63) is 40.7 Å². The molecule has 0 fully saturated rings. The number of hydrogen-bond donors (Lipinski definition) is 1. The number of nitrogens with zero attached hydrogens (tertiary/aromatic N) is 3. The first kappa shape index (κ1) is 15.9. The molecule has 0 amide bonds. The van der Waals surface area contributed by atoms with Crippen LogP contribution in [0.5, 0.6) is 0 Å². The average Bonchev–Trinajstić information content (AvgIpc) is 2.88. The van der Waals surface area contributed by atoms with Crippen LogP contribution in [-0.2, 0) is 6.54 Å². The zero-order chi connectivity index (χ0) is 15.2. The monoisotopic (exact) mass is 304 g/mol. The molecule has 0 aliphatic carbocycles. The van der Waals surface area contributed by atoms with Gasteiger partial charge >= 0.3 is 0 Å². The van der Waals surface area contributed by atoms with Gasteiger partial charge in [-0.25, -0.2) is 4.98 Å². The van der Waals surface area contributed by atoms with Gasteiger partial charge in [-0.3, -0.25) is 4.98 Å². The number of pyridine rings is 1. The molecule has 5 heteroatoms. The molecule has 0 saturated heterocycles. The largest absolute Gasteiger partial charge is 0.342 e. The van der Waals surface area contributed by atoms with Crippen LogP contribution >= 0.6 is 11.3 Å². The molecule has 2 aromatic rings. The lowest BCUT2D eigenvalue weighted by molar-refractivity contribution is 0.603. The molecule has 0 aliphatic rings. The standard InChI is InChI=1S/C16H24N4S/c1-5-17-12(3)15-13(4)19-16(21-15)20(6-2)11-14-9-7-8-10-18-14/h7-10,12,17H,5-6,11H2,1-4H3. The molecule has 21 heavy (non-hydrogen) atoms. The van der Waals surface area contributed by atoms with E-state index in [1.807, 2.05) is 18.3 Å². The van der Waals surface area contributed by atoms with Crippen LogP contribution in [0.4, 0.5) is 5.13 Å². The summed E-state index contributed by atoms with van der Waals surface area (Å²) in [5.41, 5.74) is 2.21. The molecule has 0 saturated carbocycles. The molecular formula is C16H24N4S. The van der Waals surface area contributed by atoms with Crippen LogP contribution in [0.15, 0.2) is 24.4 Å². The Balaban J connectivity index is 2.17. The second kappa shape index (κ2) is 7.52. The molecule has 0 radical (unpaired) electrons. The maximum atomic E-state index is 4.76. The Kier molecular flexibility index (Phi) is 5.70. The summed E-state index contributed by atoms with van der Waals surface area (Å²) in [6, 6.07) is 6.39. The lowest BCUT2D eigenvalue weighted by atomic mass is 10.2. The topological polar surface area (TPSA) is 41.0 Å². The van der Waals surface area contributed by atoms with Gasteiger partial charge in [-0.05, 0) is 39.4 Å². The number of rotatable bonds is 7. The van der Waals surface area contributed by atoms with Crippen LogP contribution in [0.3, 0.4) is 0 Å². The Bertz CT molecular complexity index is 553. The minimum absolute atomic E-state index is 0.356. The predicted octanol–water partition coefficient (Wildman–Crippen LogP) is 3.54. The highest BCUT2D eigenvalue weighted by atomic mass is 32.1. The van der Waals surface area contributed by atoms with Crippen molar-refractivity contribution in [2.75, 3.05) is 18.0 Å². The van der Waals surface area contributed by atoms with Crippen LogP contribution in [-0.4, -0.2) is 23.1 Å². The summed E-state index contributed by atoms with van der Waals surface area (Å²) < 4.78 is 0. The smallest absolute Gasteiger partial charge is 0.186 e. The SMILES string of the molecule is CCNC(C)c1sc(N(CC)Cc2ccccn2)nc1C. The summed E-state index contributed by atoms with van der Waals surface area (Å²) in [6.07, 6.45) is 1.84. The fraction of sp³-hybridized carbons (Fsp3) is 0.500. The lowest BCUT2D eigenvalue weighted by Crippen LogP contribution is -2.22. The van der Waals surface area contributed by atoms with E-state index in [4.69, 9.17) is 4.98 Å². The van der Waals surface area contributed by atoms with Gasteiger partial charge in [0.1, 0.15) is 0 Å². The highest BCUT2D eigenvalue weighted by Crippen LogP contribution is 2.31. The van der Waals surface area contributed by atoms with Gasteiger partial charge in [0.2, 0.25) is 0 Å². The maximum Gasteiger partial charge on any atom is 0.186 e. The first-order chi connectivity index (χ1) is 10.2. The third-order valence-electron chi connectivity index (χ3n) is 3.46. The van der Waals surface area contributed by atoms with Gasteiger partial charge in [0.05, 0.1) is 17.9 Å². The van der Waals surface area contributed by atoms with Crippen LogP contribution in [0, 0.1) is 6.92 Å². The third kappa shape index (κ3) is 4.02. The van der Waals surface area contributed by atoms with E-state index in [0.717, 1.165) is 36.2 Å². The average molecular weight is 304 g/mol. The summed E-state index contributed by atoms with van der Waals surface area (Å²) in [7, 11) is 0. The van der Waals surface area contributed by atoms with E-state index in [9.17, 15) is 0 Å². The van der Waals surface area contributed by atoms with E-state index in [1.54, 1.807) is 11.3 Å². The Morgan fingerprint density at radius 2 is 2.14 bits per heavy atom. The third-order valence-corrected chi connectivity index (χ3v) is 4.86. The van der Waals surface area contributed by atoms with Gasteiger partial charge in [-0.15, -0.1) is 11.3 Å². The molecule has 0 bridgehead atoms. The molecule has 0 aromatic carbocycles.